The van der Waals surface area contributed by atoms with E-state index in [0.29, 0.717) is 6.42 Å². The van der Waals surface area contributed by atoms with Gasteiger partial charge in [-0.05, 0) is 17.7 Å². The van der Waals surface area contributed by atoms with E-state index in [2.05, 4.69) is 12.6 Å². The van der Waals surface area contributed by atoms with Crippen LogP contribution < -0.4 is 5.73 Å². The smallest absolute Gasteiger partial charge is 0.0641 e. The number of benzene rings is 1. The van der Waals surface area contributed by atoms with Crippen LogP contribution in [0.15, 0.2) is 29.2 Å². The van der Waals surface area contributed by atoms with Crippen molar-refractivity contribution in [1.82, 2.24) is 0 Å². The van der Waals surface area contributed by atoms with Gasteiger partial charge >= 0.3 is 0 Å². The van der Waals surface area contributed by atoms with E-state index in [1.165, 1.54) is 0 Å². The van der Waals surface area contributed by atoms with Gasteiger partial charge in [0.25, 0.3) is 0 Å². The molecule has 1 atom stereocenters. The molecule has 0 bridgehead atoms. The third-order valence-electron chi connectivity index (χ3n) is 1.61. The average Bonchev–Trinajstić information content (AvgIpc) is 2.05. The van der Waals surface area contributed by atoms with Crippen molar-refractivity contribution in [3.05, 3.63) is 29.8 Å². The van der Waals surface area contributed by atoms with Crippen LogP contribution in [0.25, 0.3) is 0 Å². The van der Waals surface area contributed by atoms with Gasteiger partial charge in [-0.25, -0.2) is 0 Å². The van der Waals surface area contributed by atoms with Crippen LogP contribution in [0.4, 0.5) is 0 Å². The molecule has 12 heavy (non-hydrogen) atoms. The largest absolute Gasteiger partial charge is 0.323 e. The van der Waals surface area contributed by atoms with E-state index in [4.69, 9.17) is 11.0 Å². The lowest BCUT2D eigenvalue weighted by Gasteiger charge is -2.07. The van der Waals surface area contributed by atoms with E-state index in [1.807, 2.05) is 30.3 Å². The molecular weight excluding hydrogens is 168 g/mol. The molecule has 0 saturated carbocycles. The maximum absolute atomic E-state index is 8.42. The molecular formula is C9H10N2S. The van der Waals surface area contributed by atoms with Crippen LogP contribution in [-0.2, 0) is 0 Å². The highest BCUT2D eigenvalue weighted by molar-refractivity contribution is 7.80. The SMILES string of the molecule is N#CCC(N)c1cccc(S)c1. The van der Waals surface area contributed by atoms with Gasteiger partial charge in [0.15, 0.2) is 0 Å². The molecule has 0 spiro atoms. The monoisotopic (exact) mass is 178 g/mol. The molecule has 0 amide bonds. The Morgan fingerprint density at radius 3 is 2.92 bits per heavy atom. The van der Waals surface area contributed by atoms with Crippen LogP contribution >= 0.6 is 12.6 Å². The molecule has 0 saturated heterocycles. The van der Waals surface area contributed by atoms with E-state index in [1.54, 1.807) is 0 Å². The Bertz CT molecular complexity index is 304. The molecule has 0 heterocycles. The molecule has 0 aromatic heterocycles. The summed E-state index contributed by atoms with van der Waals surface area (Å²) in [4.78, 5) is 0.876. The first-order valence-corrected chi connectivity index (χ1v) is 4.10. The molecule has 0 fully saturated rings. The van der Waals surface area contributed by atoms with Crippen molar-refractivity contribution in [3.63, 3.8) is 0 Å². The highest BCUT2D eigenvalue weighted by atomic mass is 32.1. The molecule has 1 unspecified atom stereocenters. The predicted octanol–water partition coefficient (Wildman–Crippen LogP) is 1.89. The fourth-order valence-corrected chi connectivity index (χ4v) is 1.21. The van der Waals surface area contributed by atoms with E-state index in [0.717, 1.165) is 10.5 Å². The van der Waals surface area contributed by atoms with Gasteiger partial charge in [-0.2, -0.15) is 5.26 Å². The minimum atomic E-state index is -0.193. The third kappa shape index (κ3) is 2.26. The number of hydrogen-bond acceptors (Lipinski definition) is 3. The summed E-state index contributed by atoms with van der Waals surface area (Å²) in [6.07, 6.45) is 0.344. The zero-order valence-corrected chi connectivity index (χ0v) is 7.46. The first-order chi connectivity index (χ1) is 5.74. The van der Waals surface area contributed by atoms with Crippen molar-refractivity contribution in [2.24, 2.45) is 5.73 Å². The van der Waals surface area contributed by atoms with Gasteiger partial charge in [-0.1, -0.05) is 12.1 Å². The average molecular weight is 178 g/mol. The number of rotatable bonds is 2. The number of nitrogens with two attached hydrogens (primary N) is 1. The van der Waals surface area contributed by atoms with Gasteiger partial charge in [-0.3, -0.25) is 0 Å². The summed E-state index contributed by atoms with van der Waals surface area (Å²) < 4.78 is 0. The topological polar surface area (TPSA) is 49.8 Å². The Morgan fingerprint density at radius 2 is 2.33 bits per heavy atom. The lowest BCUT2D eigenvalue weighted by molar-refractivity contribution is 0.746. The van der Waals surface area contributed by atoms with Crippen molar-refractivity contribution in [2.75, 3.05) is 0 Å². The minimum Gasteiger partial charge on any atom is -0.323 e. The number of hydrogen-bond donors (Lipinski definition) is 2. The maximum atomic E-state index is 8.42. The Morgan fingerprint density at radius 1 is 1.58 bits per heavy atom. The van der Waals surface area contributed by atoms with Crippen molar-refractivity contribution in [2.45, 2.75) is 17.4 Å². The van der Waals surface area contributed by atoms with Crippen LogP contribution in [0.2, 0.25) is 0 Å². The Labute approximate surface area is 77.4 Å². The fraction of sp³-hybridized carbons (Fsp3) is 0.222. The summed E-state index contributed by atoms with van der Waals surface area (Å²) in [6, 6.07) is 9.39. The minimum absolute atomic E-state index is 0.193. The van der Waals surface area contributed by atoms with Gasteiger partial charge in [0.2, 0.25) is 0 Å². The molecule has 2 nitrogen and oxygen atoms in total. The van der Waals surface area contributed by atoms with Crippen molar-refractivity contribution in [3.8, 4) is 6.07 Å². The second-order valence-electron chi connectivity index (χ2n) is 2.56. The first-order valence-electron chi connectivity index (χ1n) is 3.65. The fourth-order valence-electron chi connectivity index (χ4n) is 0.972. The molecule has 0 aliphatic carbocycles. The van der Waals surface area contributed by atoms with Gasteiger partial charge in [0, 0.05) is 10.9 Å². The summed E-state index contributed by atoms with van der Waals surface area (Å²) >= 11 is 4.18. The van der Waals surface area contributed by atoms with Gasteiger partial charge in [0.05, 0.1) is 12.5 Å². The van der Waals surface area contributed by atoms with Gasteiger partial charge in [-0.15, -0.1) is 12.6 Å². The normalized spacial score (nSPS) is 12.1. The molecule has 3 heteroatoms. The van der Waals surface area contributed by atoms with Crippen LogP contribution in [0.5, 0.6) is 0 Å². The molecule has 0 radical (unpaired) electrons. The van der Waals surface area contributed by atoms with E-state index < -0.39 is 0 Å². The third-order valence-corrected chi connectivity index (χ3v) is 1.89. The molecule has 1 aromatic carbocycles. The zero-order chi connectivity index (χ0) is 8.97. The Balaban J connectivity index is 2.82. The summed E-state index contributed by atoms with van der Waals surface area (Å²) in [5.74, 6) is 0. The molecule has 0 aliphatic rings. The summed E-state index contributed by atoms with van der Waals surface area (Å²) in [7, 11) is 0. The Kier molecular flexibility index (Phi) is 3.15. The Hall–Kier alpha value is -0.980. The summed E-state index contributed by atoms with van der Waals surface area (Å²) in [5.41, 5.74) is 6.68. The quantitative estimate of drug-likeness (QED) is 0.679. The number of nitriles is 1. The lowest BCUT2D eigenvalue weighted by Crippen LogP contribution is -2.08. The predicted molar refractivity (Wildman–Crippen MR) is 50.9 cm³/mol. The molecule has 1 aromatic rings. The highest BCUT2D eigenvalue weighted by Gasteiger charge is 2.03. The van der Waals surface area contributed by atoms with Crippen molar-refractivity contribution in [1.29, 1.82) is 5.26 Å². The maximum Gasteiger partial charge on any atom is 0.0641 e. The summed E-state index contributed by atoms with van der Waals surface area (Å²) in [6.45, 7) is 0. The zero-order valence-electron chi connectivity index (χ0n) is 6.57. The van der Waals surface area contributed by atoms with Crippen LogP contribution in [0, 0.1) is 11.3 Å². The lowest BCUT2D eigenvalue weighted by atomic mass is 10.1. The number of nitrogens with zero attached hydrogens (tertiary/aromatic N) is 1. The van der Waals surface area contributed by atoms with Gasteiger partial charge in [0.1, 0.15) is 0 Å². The first kappa shape index (κ1) is 9.11. The molecule has 0 aliphatic heterocycles. The van der Waals surface area contributed by atoms with Crippen LogP contribution in [-0.4, -0.2) is 0 Å². The van der Waals surface area contributed by atoms with Crippen molar-refractivity contribution < 1.29 is 0 Å². The molecule has 62 valence electrons. The molecule has 1 rings (SSSR count). The van der Waals surface area contributed by atoms with Crippen molar-refractivity contribution >= 4 is 12.6 Å². The van der Waals surface area contributed by atoms with Crippen LogP contribution in [0.1, 0.15) is 18.0 Å². The van der Waals surface area contributed by atoms with E-state index in [-0.39, 0.29) is 6.04 Å². The molecule has 2 N–H and O–H groups in total. The van der Waals surface area contributed by atoms with Gasteiger partial charge < -0.3 is 5.73 Å². The van der Waals surface area contributed by atoms with Crippen LogP contribution in [0.3, 0.4) is 0 Å². The highest BCUT2D eigenvalue weighted by Crippen LogP contribution is 2.16. The second-order valence-corrected chi connectivity index (χ2v) is 3.08. The standard InChI is InChI=1S/C9H10N2S/c10-5-4-9(11)7-2-1-3-8(12)6-7/h1-3,6,9,12H,4,11H2. The van der Waals surface area contributed by atoms with E-state index >= 15 is 0 Å². The second kappa shape index (κ2) is 4.15. The summed E-state index contributed by atoms with van der Waals surface area (Å²) in [5, 5.41) is 8.42. The van der Waals surface area contributed by atoms with E-state index in [9.17, 15) is 0 Å². The number of thiol groups is 1.